The van der Waals surface area contributed by atoms with Gasteiger partial charge in [-0.05, 0) is 31.5 Å². The van der Waals surface area contributed by atoms with E-state index in [1.165, 1.54) is 26.2 Å². The summed E-state index contributed by atoms with van der Waals surface area (Å²) in [5, 5.41) is 13.0. The second-order valence-corrected chi connectivity index (χ2v) is 7.39. The van der Waals surface area contributed by atoms with Crippen molar-refractivity contribution < 1.29 is 13.5 Å². The van der Waals surface area contributed by atoms with Gasteiger partial charge in [0.15, 0.2) is 0 Å². The average molecular weight is 301 g/mol. The molecule has 0 heterocycles. The number of anilines is 2. The van der Waals surface area contributed by atoms with E-state index in [1.807, 2.05) is 6.92 Å². The minimum atomic E-state index is -3.50. The van der Waals surface area contributed by atoms with Crippen LogP contribution in [-0.2, 0) is 10.0 Å². The molecule has 0 amide bonds. The fourth-order valence-corrected chi connectivity index (χ4v) is 2.40. The van der Waals surface area contributed by atoms with Gasteiger partial charge in [0.25, 0.3) is 0 Å². The number of nitrogen functional groups attached to an aromatic ring is 1. The van der Waals surface area contributed by atoms with Gasteiger partial charge >= 0.3 is 0 Å². The van der Waals surface area contributed by atoms with Crippen LogP contribution in [0, 0.1) is 0 Å². The summed E-state index contributed by atoms with van der Waals surface area (Å²) in [4.78, 5) is 0.162. The third-order valence-electron chi connectivity index (χ3n) is 3.22. The molecule has 1 aromatic carbocycles. The molecule has 1 aromatic rings. The number of hydrogen-bond donors (Lipinski definition) is 3. The summed E-state index contributed by atoms with van der Waals surface area (Å²) in [5.41, 5.74) is 5.90. The molecule has 0 aliphatic rings. The van der Waals surface area contributed by atoms with Gasteiger partial charge in [-0.3, -0.25) is 0 Å². The lowest BCUT2D eigenvalue weighted by atomic mass is 10.0. The highest BCUT2D eigenvalue weighted by Gasteiger charge is 2.20. The largest absolute Gasteiger partial charge is 0.397 e. The van der Waals surface area contributed by atoms with Crippen LogP contribution in [0.5, 0.6) is 0 Å². The molecule has 0 radical (unpaired) electrons. The summed E-state index contributed by atoms with van der Waals surface area (Å²) >= 11 is 0. The fraction of sp³-hybridized carbons (Fsp3) is 0.538. The van der Waals surface area contributed by atoms with E-state index in [0.717, 1.165) is 4.31 Å². The lowest BCUT2D eigenvalue weighted by molar-refractivity contribution is 0.0697. The van der Waals surface area contributed by atoms with Crippen LogP contribution in [0.2, 0.25) is 0 Å². The summed E-state index contributed by atoms with van der Waals surface area (Å²) < 4.78 is 25.3. The van der Waals surface area contributed by atoms with Crippen LogP contribution in [0.15, 0.2) is 23.1 Å². The standard InChI is InChI=1S/C13H23N3O3S/c1-5-13(2,17)9-15-12-8-10(6-7-11(12)14)20(18,19)16(3)4/h6-8,15,17H,5,9,14H2,1-4H3. The van der Waals surface area contributed by atoms with Crippen LogP contribution >= 0.6 is 0 Å². The maximum Gasteiger partial charge on any atom is 0.242 e. The predicted octanol–water partition coefficient (Wildman–Crippen LogP) is 1.09. The Balaban J connectivity index is 3.05. The van der Waals surface area contributed by atoms with Gasteiger partial charge in [0, 0.05) is 20.6 Å². The number of hydrogen-bond acceptors (Lipinski definition) is 5. The van der Waals surface area contributed by atoms with Crippen molar-refractivity contribution in [1.82, 2.24) is 4.31 Å². The van der Waals surface area contributed by atoms with Crippen molar-refractivity contribution in [2.45, 2.75) is 30.8 Å². The summed E-state index contributed by atoms with van der Waals surface area (Å²) in [7, 11) is -0.554. The van der Waals surface area contributed by atoms with E-state index in [9.17, 15) is 13.5 Å². The third-order valence-corrected chi connectivity index (χ3v) is 5.04. The molecule has 7 heteroatoms. The Morgan fingerprint density at radius 1 is 1.40 bits per heavy atom. The van der Waals surface area contributed by atoms with E-state index in [-0.39, 0.29) is 4.90 Å². The second kappa shape index (κ2) is 5.99. The Bertz CT molecular complexity index is 568. The van der Waals surface area contributed by atoms with Crippen molar-refractivity contribution in [1.29, 1.82) is 0 Å². The van der Waals surface area contributed by atoms with Gasteiger partial charge in [0.2, 0.25) is 10.0 Å². The number of sulfonamides is 1. The molecule has 0 saturated heterocycles. The number of nitrogens with one attached hydrogen (secondary N) is 1. The van der Waals surface area contributed by atoms with Crippen LogP contribution in [-0.4, -0.2) is 44.1 Å². The van der Waals surface area contributed by atoms with Crippen LogP contribution in [0.4, 0.5) is 11.4 Å². The van der Waals surface area contributed by atoms with Crippen LogP contribution in [0.3, 0.4) is 0 Å². The summed E-state index contributed by atoms with van der Waals surface area (Å²) in [6.45, 7) is 3.87. The summed E-state index contributed by atoms with van der Waals surface area (Å²) in [5.74, 6) is 0. The number of benzene rings is 1. The van der Waals surface area contributed by atoms with E-state index >= 15 is 0 Å². The van der Waals surface area contributed by atoms with Crippen molar-refractivity contribution in [2.75, 3.05) is 31.7 Å². The Hall–Kier alpha value is -1.31. The van der Waals surface area contributed by atoms with E-state index in [1.54, 1.807) is 13.0 Å². The molecule has 114 valence electrons. The highest BCUT2D eigenvalue weighted by molar-refractivity contribution is 7.89. The first-order valence-corrected chi connectivity index (χ1v) is 7.82. The topological polar surface area (TPSA) is 95.7 Å². The summed E-state index contributed by atoms with van der Waals surface area (Å²) in [6, 6.07) is 4.49. The average Bonchev–Trinajstić information content (AvgIpc) is 2.37. The molecule has 20 heavy (non-hydrogen) atoms. The zero-order valence-electron chi connectivity index (χ0n) is 12.3. The second-order valence-electron chi connectivity index (χ2n) is 5.24. The maximum absolute atomic E-state index is 12.1. The van der Waals surface area contributed by atoms with E-state index < -0.39 is 15.6 Å². The van der Waals surface area contributed by atoms with Crippen molar-refractivity contribution in [3.63, 3.8) is 0 Å². The van der Waals surface area contributed by atoms with E-state index in [0.29, 0.717) is 24.3 Å². The van der Waals surface area contributed by atoms with Crippen molar-refractivity contribution >= 4 is 21.4 Å². The van der Waals surface area contributed by atoms with Gasteiger partial charge in [-0.2, -0.15) is 0 Å². The first-order chi connectivity index (χ1) is 9.10. The van der Waals surface area contributed by atoms with Crippen molar-refractivity contribution in [2.24, 2.45) is 0 Å². The first kappa shape index (κ1) is 16.7. The Kier molecular flexibility index (Phi) is 5.01. The smallest absolute Gasteiger partial charge is 0.242 e. The zero-order valence-corrected chi connectivity index (χ0v) is 13.2. The molecule has 0 fully saturated rings. The van der Waals surface area contributed by atoms with Gasteiger partial charge in [-0.1, -0.05) is 6.92 Å². The molecule has 1 unspecified atom stereocenters. The highest BCUT2D eigenvalue weighted by Crippen LogP contribution is 2.25. The quantitative estimate of drug-likeness (QED) is 0.684. The number of rotatable bonds is 6. The Labute approximate surface area is 120 Å². The fourth-order valence-electron chi connectivity index (χ4n) is 1.47. The van der Waals surface area contributed by atoms with Crippen molar-refractivity contribution in [3.05, 3.63) is 18.2 Å². The number of aliphatic hydroxyl groups is 1. The lowest BCUT2D eigenvalue weighted by Gasteiger charge is -2.23. The van der Waals surface area contributed by atoms with Crippen LogP contribution < -0.4 is 11.1 Å². The normalized spacial score (nSPS) is 15.1. The van der Waals surface area contributed by atoms with E-state index in [4.69, 9.17) is 5.73 Å². The van der Waals surface area contributed by atoms with Crippen LogP contribution in [0.1, 0.15) is 20.3 Å². The molecule has 1 rings (SSSR count). The molecule has 0 aliphatic heterocycles. The molecule has 0 aromatic heterocycles. The number of nitrogens with zero attached hydrogens (tertiary/aromatic N) is 1. The minimum Gasteiger partial charge on any atom is -0.397 e. The van der Waals surface area contributed by atoms with Gasteiger partial charge in [0.1, 0.15) is 0 Å². The highest BCUT2D eigenvalue weighted by atomic mass is 32.2. The first-order valence-electron chi connectivity index (χ1n) is 6.38. The molecule has 0 spiro atoms. The molecule has 1 atom stereocenters. The minimum absolute atomic E-state index is 0.162. The van der Waals surface area contributed by atoms with Gasteiger partial charge in [-0.15, -0.1) is 0 Å². The SMILES string of the molecule is CCC(C)(O)CNc1cc(S(=O)(=O)N(C)C)ccc1N. The summed E-state index contributed by atoms with van der Waals surface area (Å²) in [6.07, 6.45) is 0.579. The third kappa shape index (κ3) is 3.84. The maximum atomic E-state index is 12.1. The van der Waals surface area contributed by atoms with Gasteiger partial charge < -0.3 is 16.2 Å². The molecular formula is C13H23N3O3S. The Morgan fingerprint density at radius 3 is 2.50 bits per heavy atom. The zero-order chi connectivity index (χ0) is 15.6. The molecule has 0 saturated carbocycles. The predicted molar refractivity (Wildman–Crippen MR) is 81.1 cm³/mol. The van der Waals surface area contributed by atoms with E-state index in [2.05, 4.69) is 5.32 Å². The monoisotopic (exact) mass is 301 g/mol. The molecule has 0 bridgehead atoms. The molecular weight excluding hydrogens is 278 g/mol. The van der Waals surface area contributed by atoms with Gasteiger partial charge in [0.05, 0.1) is 21.9 Å². The molecule has 6 nitrogen and oxygen atoms in total. The Morgan fingerprint density at radius 2 is 2.00 bits per heavy atom. The van der Waals surface area contributed by atoms with Crippen LogP contribution in [0.25, 0.3) is 0 Å². The molecule has 4 N–H and O–H groups in total. The molecule has 0 aliphatic carbocycles. The van der Waals surface area contributed by atoms with Gasteiger partial charge in [-0.25, -0.2) is 12.7 Å². The lowest BCUT2D eigenvalue weighted by Crippen LogP contribution is -2.32. The number of nitrogens with two attached hydrogens (primary N) is 1. The van der Waals surface area contributed by atoms with Crippen molar-refractivity contribution in [3.8, 4) is 0 Å².